The highest BCUT2D eigenvalue weighted by Crippen LogP contribution is 2.10. The normalized spacial score (nSPS) is 10.5. The zero-order chi connectivity index (χ0) is 12.8. The average Bonchev–Trinajstić information content (AvgIpc) is 2.76. The van der Waals surface area contributed by atoms with Crippen molar-refractivity contribution < 1.29 is 19.1 Å². The number of likely N-dealkylation sites (N-methyl/N-ethyl adjacent to an activating group) is 2. The van der Waals surface area contributed by atoms with Gasteiger partial charge in [-0.1, -0.05) is 6.92 Å². The molecule has 0 saturated heterocycles. The van der Waals surface area contributed by atoms with Crippen LogP contribution in [0.15, 0.2) is 16.7 Å². The maximum Gasteiger partial charge on any atom is 0.338 e. The van der Waals surface area contributed by atoms with Crippen LogP contribution in [0.1, 0.15) is 23.0 Å². The van der Waals surface area contributed by atoms with E-state index in [1.807, 2.05) is 11.8 Å². The third-order valence-corrected chi connectivity index (χ3v) is 2.37. The lowest BCUT2D eigenvalue weighted by Crippen LogP contribution is -2.34. The molecule has 94 valence electrons. The van der Waals surface area contributed by atoms with Gasteiger partial charge in [-0.15, -0.1) is 0 Å². The second kappa shape index (κ2) is 6.05. The number of carbonyl (C=O) groups is 2. The quantitative estimate of drug-likeness (QED) is 0.758. The number of hydrogen-bond acceptors (Lipinski definition) is 4. The Bertz CT molecular complexity index is 400. The van der Waals surface area contributed by atoms with Crippen molar-refractivity contribution in [3.63, 3.8) is 0 Å². The summed E-state index contributed by atoms with van der Waals surface area (Å²) in [6.07, 6.45) is 1.20. The first kappa shape index (κ1) is 13.2. The van der Waals surface area contributed by atoms with Crippen molar-refractivity contribution in [3.05, 3.63) is 23.7 Å². The van der Waals surface area contributed by atoms with Gasteiger partial charge in [-0.2, -0.15) is 0 Å². The number of carboxylic acid groups (broad SMARTS) is 1. The molecule has 0 fully saturated rings. The minimum Gasteiger partial charge on any atom is -0.478 e. The Morgan fingerprint density at radius 3 is 2.71 bits per heavy atom. The van der Waals surface area contributed by atoms with Crippen LogP contribution in [0.25, 0.3) is 0 Å². The number of aromatic carboxylic acids is 1. The van der Waals surface area contributed by atoms with E-state index in [2.05, 4.69) is 5.32 Å². The van der Waals surface area contributed by atoms with E-state index in [4.69, 9.17) is 9.52 Å². The molecule has 0 saturated carbocycles. The monoisotopic (exact) mass is 240 g/mol. The molecular weight excluding hydrogens is 224 g/mol. The fourth-order valence-electron chi connectivity index (χ4n) is 1.36. The van der Waals surface area contributed by atoms with Crippen molar-refractivity contribution >= 4 is 11.9 Å². The Kier molecular flexibility index (Phi) is 4.71. The van der Waals surface area contributed by atoms with Crippen LogP contribution in [0.2, 0.25) is 0 Å². The molecule has 0 spiro atoms. The molecule has 6 heteroatoms. The molecule has 17 heavy (non-hydrogen) atoms. The summed E-state index contributed by atoms with van der Waals surface area (Å²) in [5.41, 5.74) is 0.121. The number of nitrogens with one attached hydrogen (secondary N) is 1. The molecule has 1 aromatic heterocycles. The van der Waals surface area contributed by atoms with Crippen LogP contribution >= 0.6 is 0 Å². The van der Waals surface area contributed by atoms with E-state index in [0.717, 1.165) is 0 Å². The van der Waals surface area contributed by atoms with Gasteiger partial charge in [-0.25, -0.2) is 4.79 Å². The summed E-state index contributed by atoms with van der Waals surface area (Å²) in [7, 11) is 1.57. The highest BCUT2D eigenvalue weighted by Gasteiger charge is 2.13. The number of furan rings is 1. The molecule has 6 nitrogen and oxygen atoms in total. The molecule has 1 heterocycles. The smallest absolute Gasteiger partial charge is 0.338 e. The van der Waals surface area contributed by atoms with Crippen LogP contribution in [-0.4, -0.2) is 42.0 Å². The molecular formula is C11H16N2O4. The fraction of sp³-hybridized carbons (Fsp3) is 0.455. The van der Waals surface area contributed by atoms with E-state index in [1.165, 1.54) is 12.3 Å². The lowest BCUT2D eigenvalue weighted by molar-refractivity contribution is -0.121. The molecule has 0 aromatic carbocycles. The van der Waals surface area contributed by atoms with E-state index in [1.54, 1.807) is 7.05 Å². The summed E-state index contributed by atoms with van der Waals surface area (Å²) in [5, 5.41) is 11.3. The Balaban J connectivity index is 2.60. The molecule has 1 rings (SSSR count). The van der Waals surface area contributed by atoms with Gasteiger partial charge in [0.25, 0.3) is 0 Å². The molecule has 0 bridgehead atoms. The predicted octanol–water partition coefficient (Wildman–Crippen LogP) is 0.546. The number of carboxylic acids is 1. The van der Waals surface area contributed by atoms with E-state index >= 15 is 0 Å². The summed E-state index contributed by atoms with van der Waals surface area (Å²) in [5.74, 6) is -0.570. The number of rotatable bonds is 6. The standard InChI is InChI=1S/C11H16N2O4/c1-3-13(6-10(14)12-2)5-9-4-8(7-17-9)11(15)16/h4,7H,3,5-6H2,1-2H3,(H,12,14)(H,15,16). The Labute approximate surface area is 99.2 Å². The van der Waals surface area contributed by atoms with Gasteiger partial charge in [-0.3, -0.25) is 9.69 Å². The molecule has 0 aliphatic carbocycles. The molecule has 0 atom stereocenters. The topological polar surface area (TPSA) is 82.8 Å². The zero-order valence-corrected chi connectivity index (χ0v) is 9.90. The molecule has 0 unspecified atom stereocenters. The van der Waals surface area contributed by atoms with Crippen LogP contribution in [0, 0.1) is 0 Å². The average molecular weight is 240 g/mol. The maximum atomic E-state index is 11.2. The Morgan fingerprint density at radius 2 is 2.24 bits per heavy atom. The van der Waals surface area contributed by atoms with Crippen molar-refractivity contribution in [3.8, 4) is 0 Å². The van der Waals surface area contributed by atoms with E-state index in [-0.39, 0.29) is 18.0 Å². The minimum atomic E-state index is -1.02. The predicted molar refractivity (Wildman–Crippen MR) is 60.7 cm³/mol. The Hall–Kier alpha value is -1.82. The van der Waals surface area contributed by atoms with Crippen LogP contribution < -0.4 is 5.32 Å². The summed E-state index contributed by atoms with van der Waals surface area (Å²) in [6, 6.07) is 1.47. The van der Waals surface area contributed by atoms with Crippen molar-refractivity contribution in [2.45, 2.75) is 13.5 Å². The first-order valence-corrected chi connectivity index (χ1v) is 5.30. The second-order valence-electron chi connectivity index (χ2n) is 3.58. The summed E-state index contributed by atoms with van der Waals surface area (Å²) < 4.78 is 5.12. The lowest BCUT2D eigenvalue weighted by Gasteiger charge is -2.17. The van der Waals surface area contributed by atoms with Gasteiger partial charge < -0.3 is 14.8 Å². The number of amides is 1. The summed E-state index contributed by atoms with van der Waals surface area (Å²) in [6.45, 7) is 3.27. The fourth-order valence-corrected chi connectivity index (χ4v) is 1.36. The largest absolute Gasteiger partial charge is 0.478 e. The Morgan fingerprint density at radius 1 is 1.53 bits per heavy atom. The van der Waals surface area contributed by atoms with Gasteiger partial charge in [0.2, 0.25) is 5.91 Å². The first-order valence-electron chi connectivity index (χ1n) is 5.30. The van der Waals surface area contributed by atoms with Crippen LogP contribution in [0.3, 0.4) is 0 Å². The minimum absolute atomic E-state index is 0.0862. The molecule has 1 aromatic rings. The third-order valence-electron chi connectivity index (χ3n) is 2.37. The van der Waals surface area contributed by atoms with Gasteiger partial charge >= 0.3 is 5.97 Å². The first-order chi connectivity index (χ1) is 8.06. The highest BCUT2D eigenvalue weighted by molar-refractivity contribution is 5.87. The van der Waals surface area contributed by atoms with Crippen molar-refractivity contribution in [2.24, 2.45) is 0 Å². The zero-order valence-electron chi connectivity index (χ0n) is 9.90. The van der Waals surface area contributed by atoms with Crippen LogP contribution in [0.5, 0.6) is 0 Å². The van der Waals surface area contributed by atoms with Gasteiger partial charge in [0.05, 0.1) is 18.7 Å². The number of hydrogen-bond donors (Lipinski definition) is 2. The van der Waals surface area contributed by atoms with Gasteiger partial charge in [-0.05, 0) is 12.6 Å². The highest BCUT2D eigenvalue weighted by atomic mass is 16.4. The third kappa shape index (κ3) is 3.92. The van der Waals surface area contributed by atoms with Gasteiger partial charge in [0.1, 0.15) is 12.0 Å². The summed E-state index contributed by atoms with van der Waals surface area (Å²) in [4.78, 5) is 23.7. The van der Waals surface area contributed by atoms with Gasteiger partial charge in [0.15, 0.2) is 0 Å². The molecule has 1 amide bonds. The number of carbonyl (C=O) groups excluding carboxylic acids is 1. The van der Waals surface area contributed by atoms with Gasteiger partial charge in [0, 0.05) is 7.05 Å². The summed E-state index contributed by atoms with van der Waals surface area (Å²) >= 11 is 0. The number of nitrogens with zero attached hydrogens (tertiary/aromatic N) is 1. The molecule has 2 N–H and O–H groups in total. The van der Waals surface area contributed by atoms with E-state index < -0.39 is 5.97 Å². The van der Waals surface area contributed by atoms with Crippen LogP contribution in [-0.2, 0) is 11.3 Å². The van der Waals surface area contributed by atoms with Crippen LogP contribution in [0.4, 0.5) is 0 Å². The molecule has 0 aliphatic heterocycles. The molecule has 0 aliphatic rings. The lowest BCUT2D eigenvalue weighted by atomic mass is 10.3. The van der Waals surface area contributed by atoms with E-state index in [0.29, 0.717) is 18.8 Å². The van der Waals surface area contributed by atoms with E-state index in [9.17, 15) is 9.59 Å². The molecule has 0 radical (unpaired) electrons. The van der Waals surface area contributed by atoms with Crippen molar-refractivity contribution in [2.75, 3.05) is 20.1 Å². The SMILES string of the molecule is CCN(CC(=O)NC)Cc1cc(C(=O)O)co1. The maximum absolute atomic E-state index is 11.2. The van der Waals surface area contributed by atoms with Crippen molar-refractivity contribution in [1.82, 2.24) is 10.2 Å². The second-order valence-corrected chi connectivity index (χ2v) is 3.58. The van der Waals surface area contributed by atoms with Crippen molar-refractivity contribution in [1.29, 1.82) is 0 Å².